The highest BCUT2D eigenvalue weighted by Crippen LogP contribution is 2.44. The van der Waals surface area contributed by atoms with Crippen LogP contribution in [-0.4, -0.2) is 44.1 Å². The number of carbonyl (C=O) groups is 3. The van der Waals surface area contributed by atoms with Crippen LogP contribution in [0.5, 0.6) is 0 Å². The molecule has 3 amide bonds. The lowest BCUT2D eigenvalue weighted by atomic mass is 9.71. The predicted molar refractivity (Wildman–Crippen MR) is 185 cm³/mol. The third-order valence-electron chi connectivity index (χ3n) is 8.71. The number of alkyl halides is 2. The summed E-state index contributed by atoms with van der Waals surface area (Å²) in [4.78, 5) is 50.7. The molecule has 4 aromatic rings. The van der Waals surface area contributed by atoms with E-state index in [-0.39, 0.29) is 24.1 Å². The van der Waals surface area contributed by atoms with Crippen molar-refractivity contribution < 1.29 is 23.2 Å². The first-order valence-electron chi connectivity index (χ1n) is 15.8. The molecule has 2 heterocycles. The Hall–Kier alpha value is -5.57. The van der Waals surface area contributed by atoms with E-state index in [9.17, 15) is 23.2 Å². The summed E-state index contributed by atoms with van der Waals surface area (Å²) >= 11 is 0. The second-order valence-corrected chi connectivity index (χ2v) is 12.2. The quantitative estimate of drug-likeness (QED) is 0.0808. The number of anilines is 2. The standard InChI is InChI=1S/C18H19F2N5O2.C16H19N5O.CH4/c1-11-4-2-5-13(8-11)18(6-3-7-18)23-17-21-9-12(10-22-17)15(26)24-25-16(27)14(19)20;1-11-4-2-5-13(8-11)16(6-3-7-16)20-15-18-9-12(10-19-15)14(22)21-17;/h2,4-5,8-10,14H,3,6-7H2,1H3,(H,24,26)(H,25,27)(H,21,22,23);2,4-5,8-10H,3,6-7,17H2,1H3,(H,21,22)(H,18,19,20);1H4. The molecular weight excluding hydrogens is 646 g/mol. The molecule has 2 aromatic carbocycles. The molecule has 2 aliphatic rings. The summed E-state index contributed by atoms with van der Waals surface area (Å²) in [6.45, 7) is 4.12. The van der Waals surface area contributed by atoms with E-state index in [0.717, 1.165) is 37.7 Å². The first kappa shape index (κ1) is 37.3. The Bertz CT molecular complexity index is 1780. The van der Waals surface area contributed by atoms with E-state index < -0.39 is 24.1 Å². The number of nitrogen functional groups attached to an aromatic ring is 1. The monoisotopic (exact) mass is 688 g/mol. The molecule has 0 unspecified atom stereocenters. The van der Waals surface area contributed by atoms with E-state index >= 15 is 0 Å². The van der Waals surface area contributed by atoms with E-state index in [1.807, 2.05) is 24.5 Å². The smallest absolute Gasteiger partial charge is 0.317 e. The molecule has 7 N–H and O–H groups in total. The molecule has 0 bridgehead atoms. The number of hydrazine groups is 2. The maximum absolute atomic E-state index is 12.1. The van der Waals surface area contributed by atoms with Gasteiger partial charge in [0.05, 0.1) is 22.2 Å². The molecule has 2 saturated carbocycles. The summed E-state index contributed by atoms with van der Waals surface area (Å²) in [5.74, 6) is 3.21. The van der Waals surface area contributed by atoms with Crippen molar-refractivity contribution >= 4 is 29.6 Å². The molecule has 2 aromatic heterocycles. The zero-order valence-corrected chi connectivity index (χ0v) is 27.1. The lowest BCUT2D eigenvalue weighted by Crippen LogP contribution is -2.44. The number of hydrogen-bond acceptors (Lipinski definition) is 10. The number of carbonyl (C=O) groups excluding carboxylic acids is 3. The molecule has 13 nitrogen and oxygen atoms in total. The van der Waals surface area contributed by atoms with Gasteiger partial charge in [0.1, 0.15) is 0 Å². The van der Waals surface area contributed by atoms with Gasteiger partial charge < -0.3 is 10.6 Å². The Balaban J connectivity index is 0.000000225. The number of aryl methyl sites for hydroxylation is 2. The van der Waals surface area contributed by atoms with Crippen LogP contribution in [0.3, 0.4) is 0 Å². The van der Waals surface area contributed by atoms with Crippen molar-refractivity contribution in [2.45, 2.75) is 77.3 Å². The van der Waals surface area contributed by atoms with Crippen molar-refractivity contribution in [2.24, 2.45) is 5.84 Å². The normalized spacial score (nSPS) is 15.0. The highest BCUT2D eigenvalue weighted by Gasteiger charge is 2.40. The summed E-state index contributed by atoms with van der Waals surface area (Å²) in [5.41, 5.74) is 10.4. The van der Waals surface area contributed by atoms with Crippen LogP contribution in [0.1, 0.15) is 88.9 Å². The minimum atomic E-state index is -3.21. The molecule has 0 atom stereocenters. The zero-order valence-electron chi connectivity index (χ0n) is 27.1. The molecule has 2 fully saturated rings. The molecule has 50 heavy (non-hydrogen) atoms. The third-order valence-corrected chi connectivity index (χ3v) is 8.71. The fourth-order valence-electron chi connectivity index (χ4n) is 5.69. The molecule has 264 valence electrons. The SMILES string of the molecule is C.Cc1cccc(C2(Nc3ncc(C(=O)NN)cn3)CCC2)c1.Cc1cccc(C2(Nc3ncc(C(=O)NNC(=O)C(F)F)cn3)CCC2)c1. The zero-order chi connectivity index (χ0) is 35.0. The predicted octanol–water partition coefficient (Wildman–Crippen LogP) is 4.82. The number of halogens is 2. The van der Waals surface area contributed by atoms with Gasteiger partial charge in [0.15, 0.2) is 0 Å². The molecule has 0 saturated heterocycles. The van der Waals surface area contributed by atoms with Gasteiger partial charge in [0.25, 0.3) is 11.8 Å². The molecule has 0 radical (unpaired) electrons. The van der Waals surface area contributed by atoms with E-state index in [4.69, 9.17) is 5.84 Å². The lowest BCUT2D eigenvalue weighted by Gasteiger charge is -2.43. The van der Waals surface area contributed by atoms with Crippen LogP contribution in [-0.2, 0) is 15.9 Å². The van der Waals surface area contributed by atoms with Crippen LogP contribution < -0.4 is 32.8 Å². The van der Waals surface area contributed by atoms with Crippen LogP contribution in [0.4, 0.5) is 20.7 Å². The van der Waals surface area contributed by atoms with Crippen molar-refractivity contribution in [1.29, 1.82) is 0 Å². The van der Waals surface area contributed by atoms with Crippen LogP contribution in [0.15, 0.2) is 73.3 Å². The van der Waals surface area contributed by atoms with Gasteiger partial charge in [-0.05, 0) is 63.5 Å². The number of nitrogens with two attached hydrogens (primary N) is 1. The molecule has 6 rings (SSSR count). The van der Waals surface area contributed by atoms with Crippen molar-refractivity contribution in [3.63, 3.8) is 0 Å². The Kier molecular flexibility index (Phi) is 12.1. The van der Waals surface area contributed by atoms with E-state index in [1.54, 1.807) is 5.43 Å². The Labute approximate surface area is 289 Å². The number of nitrogens with one attached hydrogen (secondary N) is 5. The maximum atomic E-state index is 12.1. The van der Waals surface area contributed by atoms with Crippen molar-refractivity contribution in [1.82, 2.24) is 36.2 Å². The van der Waals surface area contributed by atoms with E-state index in [2.05, 4.69) is 79.3 Å². The molecule has 0 spiro atoms. The van der Waals surface area contributed by atoms with Crippen LogP contribution in [0.2, 0.25) is 0 Å². The highest BCUT2D eigenvalue weighted by atomic mass is 19.3. The van der Waals surface area contributed by atoms with Crippen molar-refractivity contribution in [3.05, 3.63) is 107 Å². The topological polar surface area (TPSA) is 189 Å². The Morgan fingerprint density at radius 2 is 1.12 bits per heavy atom. The molecule has 15 heteroatoms. The van der Waals surface area contributed by atoms with Gasteiger partial charge in [-0.15, -0.1) is 0 Å². The average molecular weight is 689 g/mol. The van der Waals surface area contributed by atoms with E-state index in [0.29, 0.717) is 17.5 Å². The van der Waals surface area contributed by atoms with Gasteiger partial charge in [-0.2, -0.15) is 8.78 Å². The number of rotatable bonds is 9. The maximum Gasteiger partial charge on any atom is 0.317 e. The minimum absolute atomic E-state index is 0. The van der Waals surface area contributed by atoms with Crippen LogP contribution >= 0.6 is 0 Å². The molecule has 2 aliphatic carbocycles. The summed E-state index contributed by atoms with van der Waals surface area (Å²) in [7, 11) is 0. The van der Waals surface area contributed by atoms with Gasteiger partial charge in [0, 0.05) is 24.8 Å². The number of hydrogen-bond donors (Lipinski definition) is 6. The van der Waals surface area contributed by atoms with Crippen LogP contribution in [0.25, 0.3) is 0 Å². The lowest BCUT2D eigenvalue weighted by molar-refractivity contribution is -0.132. The highest BCUT2D eigenvalue weighted by molar-refractivity contribution is 5.95. The fourth-order valence-corrected chi connectivity index (χ4v) is 5.69. The second-order valence-electron chi connectivity index (χ2n) is 12.2. The van der Waals surface area contributed by atoms with Gasteiger partial charge in [-0.25, -0.2) is 25.8 Å². The number of benzene rings is 2. The van der Waals surface area contributed by atoms with Gasteiger partial charge >= 0.3 is 12.3 Å². The van der Waals surface area contributed by atoms with Gasteiger partial charge in [-0.3, -0.25) is 30.7 Å². The first-order chi connectivity index (χ1) is 23.5. The van der Waals surface area contributed by atoms with Gasteiger partial charge in [0.2, 0.25) is 11.9 Å². The molecular formula is C35H42F2N10O3. The minimum Gasteiger partial charge on any atom is -0.345 e. The Morgan fingerprint density at radius 3 is 1.46 bits per heavy atom. The van der Waals surface area contributed by atoms with Crippen molar-refractivity contribution in [2.75, 3.05) is 10.6 Å². The summed E-state index contributed by atoms with van der Waals surface area (Å²) in [5, 5.41) is 6.78. The van der Waals surface area contributed by atoms with Crippen LogP contribution in [0, 0.1) is 13.8 Å². The summed E-state index contributed by atoms with van der Waals surface area (Å²) in [6.07, 6.45) is 8.51. The molecule has 0 aliphatic heterocycles. The fraction of sp³-hybridized carbons (Fsp3) is 0.343. The number of nitrogens with zero attached hydrogens (tertiary/aromatic N) is 4. The second kappa shape index (κ2) is 16.2. The van der Waals surface area contributed by atoms with Crippen molar-refractivity contribution in [3.8, 4) is 0 Å². The summed E-state index contributed by atoms with van der Waals surface area (Å²) < 4.78 is 24.2. The summed E-state index contributed by atoms with van der Waals surface area (Å²) in [6, 6.07) is 16.7. The largest absolute Gasteiger partial charge is 0.345 e. The Morgan fingerprint density at radius 1 is 0.700 bits per heavy atom. The first-order valence-corrected chi connectivity index (χ1v) is 15.8. The number of aromatic nitrogens is 4. The third kappa shape index (κ3) is 8.71. The number of amides is 3. The average Bonchev–Trinajstić information content (AvgIpc) is 3.07. The van der Waals surface area contributed by atoms with Gasteiger partial charge in [-0.1, -0.05) is 67.1 Å². The van der Waals surface area contributed by atoms with E-state index in [1.165, 1.54) is 47.9 Å².